The number of likely N-dealkylation sites (N-methyl/N-ethyl adjacent to an activating group) is 1. The topological polar surface area (TPSA) is 69.7 Å². The Labute approximate surface area is 151 Å². The Morgan fingerprint density at radius 2 is 1.84 bits per heavy atom. The second-order valence-electron chi connectivity index (χ2n) is 6.71. The zero-order valence-electron chi connectivity index (χ0n) is 15.3. The second-order valence-corrected chi connectivity index (χ2v) is 8.97. The first-order chi connectivity index (χ1) is 11.8. The number of nitrogens with one attached hydrogen (secondary N) is 1. The number of hydrogen-bond acceptors (Lipinski definition) is 4. The highest BCUT2D eigenvalue weighted by Crippen LogP contribution is 2.21. The van der Waals surface area contributed by atoms with Crippen LogP contribution in [0.3, 0.4) is 0 Å². The SMILES string of the molecule is CCS(=O)(=O)N1CCC(C(=O)NCC(c2ccccc2)N(C)C)CC1. The van der Waals surface area contributed by atoms with Gasteiger partial charge < -0.3 is 10.2 Å². The third-order valence-electron chi connectivity index (χ3n) is 4.86. The van der Waals surface area contributed by atoms with Crippen molar-refractivity contribution < 1.29 is 13.2 Å². The Morgan fingerprint density at radius 3 is 2.36 bits per heavy atom. The zero-order chi connectivity index (χ0) is 18.4. The van der Waals surface area contributed by atoms with Crippen molar-refractivity contribution in [3.05, 3.63) is 35.9 Å². The molecule has 25 heavy (non-hydrogen) atoms. The van der Waals surface area contributed by atoms with Crippen molar-refractivity contribution in [1.29, 1.82) is 0 Å². The van der Waals surface area contributed by atoms with Gasteiger partial charge >= 0.3 is 0 Å². The largest absolute Gasteiger partial charge is 0.354 e. The van der Waals surface area contributed by atoms with Crippen molar-refractivity contribution in [1.82, 2.24) is 14.5 Å². The molecule has 0 aromatic heterocycles. The number of carbonyl (C=O) groups is 1. The van der Waals surface area contributed by atoms with Crippen LogP contribution in [0.2, 0.25) is 0 Å². The van der Waals surface area contributed by atoms with Crippen molar-refractivity contribution in [3.8, 4) is 0 Å². The molecular weight excluding hydrogens is 338 g/mol. The smallest absolute Gasteiger partial charge is 0.223 e. The third-order valence-corrected chi connectivity index (χ3v) is 6.74. The minimum Gasteiger partial charge on any atom is -0.354 e. The predicted octanol–water partition coefficient (Wildman–Crippen LogP) is 1.47. The first-order valence-corrected chi connectivity index (χ1v) is 10.4. The number of hydrogen-bond donors (Lipinski definition) is 1. The van der Waals surface area contributed by atoms with Crippen LogP contribution in [0.15, 0.2) is 30.3 Å². The Bertz CT molecular complexity index is 653. The standard InChI is InChI=1S/C18H29N3O3S/c1-4-25(23,24)21-12-10-16(11-13-21)18(22)19-14-17(20(2)3)15-8-6-5-7-9-15/h5-9,16-17H,4,10-14H2,1-3H3,(H,19,22). The molecule has 1 N–H and O–H groups in total. The van der Waals surface area contributed by atoms with Gasteiger partial charge in [0.15, 0.2) is 0 Å². The number of carbonyl (C=O) groups excluding carboxylic acids is 1. The molecule has 6 nitrogen and oxygen atoms in total. The number of piperidine rings is 1. The van der Waals surface area contributed by atoms with Crippen molar-refractivity contribution in [2.75, 3.05) is 39.5 Å². The molecule has 1 unspecified atom stereocenters. The lowest BCUT2D eigenvalue weighted by molar-refractivity contribution is -0.126. The van der Waals surface area contributed by atoms with Crippen LogP contribution in [-0.4, -0.2) is 63.0 Å². The van der Waals surface area contributed by atoms with Gasteiger partial charge in [0.1, 0.15) is 0 Å². The molecule has 1 atom stereocenters. The molecule has 1 aliphatic rings. The Kier molecular flexibility index (Phi) is 6.98. The van der Waals surface area contributed by atoms with E-state index < -0.39 is 10.0 Å². The normalized spacial score (nSPS) is 18.2. The summed E-state index contributed by atoms with van der Waals surface area (Å²) >= 11 is 0. The van der Waals surface area contributed by atoms with Crippen LogP contribution in [0.4, 0.5) is 0 Å². The van der Waals surface area contributed by atoms with Gasteiger partial charge in [-0.1, -0.05) is 30.3 Å². The molecule has 140 valence electrons. The van der Waals surface area contributed by atoms with E-state index in [0.29, 0.717) is 32.5 Å². The third kappa shape index (κ3) is 5.26. The maximum Gasteiger partial charge on any atom is 0.223 e. The summed E-state index contributed by atoms with van der Waals surface area (Å²) in [6.45, 7) is 3.07. The summed E-state index contributed by atoms with van der Waals surface area (Å²) in [7, 11) is 0.847. The van der Waals surface area contributed by atoms with Gasteiger partial charge in [0.25, 0.3) is 0 Å². The number of nitrogens with zero attached hydrogens (tertiary/aromatic N) is 2. The van der Waals surface area contributed by atoms with Crippen LogP contribution >= 0.6 is 0 Å². The Hall–Kier alpha value is -1.44. The monoisotopic (exact) mass is 367 g/mol. The van der Waals surface area contributed by atoms with Gasteiger partial charge in [-0.2, -0.15) is 0 Å². The lowest BCUT2D eigenvalue weighted by Crippen LogP contribution is -2.44. The summed E-state index contributed by atoms with van der Waals surface area (Å²) in [6, 6.07) is 10.2. The molecule has 1 aromatic carbocycles. The lowest BCUT2D eigenvalue weighted by atomic mass is 9.97. The zero-order valence-corrected chi connectivity index (χ0v) is 16.1. The van der Waals surface area contributed by atoms with E-state index in [9.17, 15) is 13.2 Å². The minimum absolute atomic E-state index is 0.0244. The molecule has 0 spiro atoms. The highest BCUT2D eigenvalue weighted by molar-refractivity contribution is 7.89. The van der Waals surface area contributed by atoms with Crippen LogP contribution in [0.25, 0.3) is 0 Å². The Balaban J connectivity index is 1.88. The number of rotatable bonds is 7. The molecule has 1 amide bonds. The van der Waals surface area contributed by atoms with E-state index in [4.69, 9.17) is 0 Å². The molecule has 1 aromatic rings. The van der Waals surface area contributed by atoms with Gasteiger partial charge in [0.05, 0.1) is 11.8 Å². The molecule has 1 heterocycles. The molecule has 1 saturated heterocycles. The van der Waals surface area contributed by atoms with E-state index in [-0.39, 0.29) is 23.6 Å². The summed E-state index contributed by atoms with van der Waals surface area (Å²) in [5.41, 5.74) is 1.16. The van der Waals surface area contributed by atoms with Crippen LogP contribution in [0.5, 0.6) is 0 Å². The molecule has 1 fully saturated rings. The summed E-state index contributed by atoms with van der Waals surface area (Å²) in [4.78, 5) is 14.6. The van der Waals surface area contributed by atoms with Crippen molar-refractivity contribution >= 4 is 15.9 Å². The Morgan fingerprint density at radius 1 is 1.24 bits per heavy atom. The highest BCUT2D eigenvalue weighted by atomic mass is 32.2. The van der Waals surface area contributed by atoms with Crippen molar-refractivity contribution in [3.63, 3.8) is 0 Å². The maximum atomic E-state index is 12.5. The number of amides is 1. The lowest BCUT2D eigenvalue weighted by Gasteiger charge is -2.31. The van der Waals surface area contributed by atoms with E-state index >= 15 is 0 Å². The number of sulfonamides is 1. The molecule has 0 saturated carbocycles. The van der Waals surface area contributed by atoms with Crippen LogP contribution in [-0.2, 0) is 14.8 Å². The van der Waals surface area contributed by atoms with Crippen LogP contribution in [0.1, 0.15) is 31.4 Å². The van der Waals surface area contributed by atoms with E-state index in [1.807, 2.05) is 32.3 Å². The molecule has 0 radical (unpaired) electrons. The van der Waals surface area contributed by atoms with Crippen molar-refractivity contribution in [2.45, 2.75) is 25.8 Å². The predicted molar refractivity (Wildman–Crippen MR) is 99.6 cm³/mol. The van der Waals surface area contributed by atoms with Gasteiger partial charge in [-0.15, -0.1) is 0 Å². The molecule has 2 rings (SSSR count). The van der Waals surface area contributed by atoms with E-state index in [1.54, 1.807) is 6.92 Å². The number of benzene rings is 1. The van der Waals surface area contributed by atoms with E-state index in [1.165, 1.54) is 4.31 Å². The highest BCUT2D eigenvalue weighted by Gasteiger charge is 2.30. The van der Waals surface area contributed by atoms with Crippen LogP contribution in [0, 0.1) is 5.92 Å². The minimum atomic E-state index is -3.15. The molecule has 1 aliphatic heterocycles. The van der Waals surface area contributed by atoms with Crippen LogP contribution < -0.4 is 5.32 Å². The van der Waals surface area contributed by atoms with Crippen molar-refractivity contribution in [2.24, 2.45) is 5.92 Å². The summed E-state index contributed by atoms with van der Waals surface area (Å²) < 4.78 is 25.3. The molecule has 0 bridgehead atoms. The fraction of sp³-hybridized carbons (Fsp3) is 0.611. The van der Waals surface area contributed by atoms with Gasteiger partial charge in [0, 0.05) is 25.6 Å². The molecule has 0 aliphatic carbocycles. The van der Waals surface area contributed by atoms with Gasteiger partial charge in [-0.3, -0.25) is 4.79 Å². The first kappa shape index (κ1) is 19.9. The first-order valence-electron chi connectivity index (χ1n) is 8.82. The fourth-order valence-electron chi connectivity index (χ4n) is 3.19. The average Bonchev–Trinajstić information content (AvgIpc) is 2.62. The van der Waals surface area contributed by atoms with Gasteiger partial charge in [0.2, 0.25) is 15.9 Å². The molecular formula is C18H29N3O3S. The summed E-state index contributed by atoms with van der Waals surface area (Å²) in [5, 5.41) is 3.05. The fourth-order valence-corrected chi connectivity index (χ4v) is 4.33. The van der Waals surface area contributed by atoms with Gasteiger partial charge in [-0.25, -0.2) is 12.7 Å². The summed E-state index contributed by atoms with van der Waals surface area (Å²) in [6.07, 6.45) is 1.17. The van der Waals surface area contributed by atoms with Gasteiger partial charge in [-0.05, 0) is 39.4 Å². The second kappa shape index (κ2) is 8.78. The quantitative estimate of drug-likeness (QED) is 0.792. The van der Waals surface area contributed by atoms with E-state index in [2.05, 4.69) is 22.3 Å². The maximum absolute atomic E-state index is 12.5. The summed E-state index contributed by atoms with van der Waals surface area (Å²) in [5.74, 6) is 0.0315. The molecule has 7 heteroatoms. The van der Waals surface area contributed by atoms with E-state index in [0.717, 1.165) is 5.56 Å². The average molecular weight is 368 g/mol.